The second-order valence-electron chi connectivity index (χ2n) is 8.87. The van der Waals surface area contributed by atoms with E-state index in [0.717, 1.165) is 24.0 Å². The Hall–Kier alpha value is -4.00. The number of aromatic carboxylic acids is 1. The third-order valence-corrected chi connectivity index (χ3v) is 6.44. The maximum Gasteiger partial charge on any atom is 0.336 e. The maximum atomic E-state index is 13.3. The fraction of sp³-hybridized carbons (Fsp3) is 0.250. The number of hydrogen-bond acceptors (Lipinski definition) is 4. The standard InChI is InChI=1S/C28H27FN2O4/c29-24-12-9-21(10-13-24)22-11-14-25(28(32)33)23(17-22)8-6-19-7-15-26(27(16-19)31(34)35)30-18-20-4-2-1-3-5-20/h6-17,20,30H,1-5,18H2,(H,32,33)/b8-6+. The first-order valence-electron chi connectivity index (χ1n) is 11.7. The molecule has 0 saturated heterocycles. The third kappa shape index (κ3) is 6.12. The van der Waals surface area contributed by atoms with E-state index in [0.29, 0.717) is 29.3 Å². The average Bonchev–Trinajstić information content (AvgIpc) is 2.87. The van der Waals surface area contributed by atoms with E-state index in [1.165, 1.54) is 43.5 Å². The number of nitro groups is 1. The van der Waals surface area contributed by atoms with Crippen LogP contribution in [0.2, 0.25) is 0 Å². The Morgan fingerprint density at radius 2 is 1.71 bits per heavy atom. The van der Waals surface area contributed by atoms with Crippen LogP contribution in [-0.2, 0) is 0 Å². The smallest absolute Gasteiger partial charge is 0.336 e. The fourth-order valence-electron chi connectivity index (χ4n) is 4.50. The van der Waals surface area contributed by atoms with Crippen LogP contribution in [0.4, 0.5) is 15.8 Å². The number of nitro benzene ring substituents is 1. The Morgan fingerprint density at radius 1 is 1.00 bits per heavy atom. The van der Waals surface area contributed by atoms with Gasteiger partial charge in [-0.15, -0.1) is 0 Å². The Morgan fingerprint density at radius 3 is 2.40 bits per heavy atom. The summed E-state index contributed by atoms with van der Waals surface area (Å²) >= 11 is 0. The molecule has 1 aliphatic rings. The third-order valence-electron chi connectivity index (χ3n) is 6.44. The highest BCUT2D eigenvalue weighted by Crippen LogP contribution is 2.30. The molecule has 3 aromatic carbocycles. The lowest BCUT2D eigenvalue weighted by Gasteiger charge is -2.22. The van der Waals surface area contributed by atoms with Gasteiger partial charge in [-0.2, -0.15) is 0 Å². The Balaban J connectivity index is 1.58. The molecule has 0 unspecified atom stereocenters. The van der Waals surface area contributed by atoms with Crippen molar-refractivity contribution in [2.45, 2.75) is 32.1 Å². The lowest BCUT2D eigenvalue weighted by molar-refractivity contribution is -0.384. The van der Waals surface area contributed by atoms with Gasteiger partial charge < -0.3 is 10.4 Å². The average molecular weight is 475 g/mol. The van der Waals surface area contributed by atoms with Gasteiger partial charge in [0.1, 0.15) is 11.5 Å². The molecule has 0 atom stereocenters. The summed E-state index contributed by atoms with van der Waals surface area (Å²) in [4.78, 5) is 23.0. The predicted molar refractivity (Wildman–Crippen MR) is 136 cm³/mol. The summed E-state index contributed by atoms with van der Waals surface area (Å²) in [5.74, 6) is -0.899. The second-order valence-corrected chi connectivity index (χ2v) is 8.87. The van der Waals surface area contributed by atoms with Gasteiger partial charge in [0.25, 0.3) is 5.69 Å². The van der Waals surface area contributed by atoms with E-state index in [1.54, 1.807) is 48.6 Å². The molecular formula is C28H27FN2O4. The van der Waals surface area contributed by atoms with E-state index < -0.39 is 10.9 Å². The van der Waals surface area contributed by atoms with Crippen molar-refractivity contribution >= 4 is 29.5 Å². The second kappa shape index (κ2) is 11.0. The van der Waals surface area contributed by atoms with Crippen LogP contribution in [0.1, 0.15) is 53.6 Å². The van der Waals surface area contributed by atoms with E-state index in [-0.39, 0.29) is 17.1 Å². The summed E-state index contributed by atoms with van der Waals surface area (Å²) in [5.41, 5.74) is 3.10. The molecule has 35 heavy (non-hydrogen) atoms. The molecule has 4 rings (SSSR count). The minimum absolute atomic E-state index is 0.0125. The monoisotopic (exact) mass is 474 g/mol. The van der Waals surface area contributed by atoms with Crippen molar-refractivity contribution in [3.63, 3.8) is 0 Å². The number of rotatable bonds is 8. The van der Waals surface area contributed by atoms with Gasteiger partial charge in [0.2, 0.25) is 0 Å². The SMILES string of the molecule is O=C(O)c1ccc(-c2ccc(F)cc2)cc1/C=C/c1ccc(NCC2CCCCC2)c([N+](=O)[O-])c1. The first-order chi connectivity index (χ1) is 16.9. The van der Waals surface area contributed by atoms with Gasteiger partial charge in [-0.05, 0) is 71.3 Å². The molecule has 3 aromatic rings. The molecule has 0 spiro atoms. The zero-order chi connectivity index (χ0) is 24.8. The largest absolute Gasteiger partial charge is 0.478 e. The van der Waals surface area contributed by atoms with Crippen molar-refractivity contribution in [3.05, 3.63) is 93.3 Å². The van der Waals surface area contributed by atoms with Crippen LogP contribution in [-0.4, -0.2) is 22.5 Å². The Bertz CT molecular complexity index is 1250. The van der Waals surface area contributed by atoms with Crippen LogP contribution >= 0.6 is 0 Å². The minimum Gasteiger partial charge on any atom is -0.478 e. The van der Waals surface area contributed by atoms with Crippen LogP contribution in [0.25, 0.3) is 23.3 Å². The Labute approximate surface area is 203 Å². The molecule has 180 valence electrons. The summed E-state index contributed by atoms with van der Waals surface area (Å²) in [5, 5.41) is 24.6. The fourth-order valence-corrected chi connectivity index (χ4v) is 4.50. The van der Waals surface area contributed by atoms with Crippen molar-refractivity contribution < 1.29 is 19.2 Å². The van der Waals surface area contributed by atoms with E-state index in [1.807, 2.05) is 0 Å². The van der Waals surface area contributed by atoms with E-state index in [4.69, 9.17) is 0 Å². The van der Waals surface area contributed by atoms with Crippen LogP contribution in [0, 0.1) is 21.8 Å². The Kier molecular flexibility index (Phi) is 7.55. The predicted octanol–water partition coefficient (Wildman–Crippen LogP) is 7.26. The number of halogens is 1. The van der Waals surface area contributed by atoms with E-state index in [2.05, 4.69) is 5.32 Å². The zero-order valence-electron chi connectivity index (χ0n) is 19.2. The highest BCUT2D eigenvalue weighted by atomic mass is 19.1. The first kappa shape index (κ1) is 24.1. The number of nitrogens with zero attached hydrogens (tertiary/aromatic N) is 1. The van der Waals surface area contributed by atoms with Crippen molar-refractivity contribution in [2.24, 2.45) is 5.92 Å². The summed E-state index contributed by atoms with van der Waals surface area (Å²) in [6, 6.07) is 15.8. The highest BCUT2D eigenvalue weighted by Gasteiger charge is 2.18. The molecule has 0 radical (unpaired) electrons. The number of hydrogen-bond donors (Lipinski definition) is 2. The molecule has 7 heteroatoms. The number of anilines is 1. The molecule has 0 heterocycles. The number of carbonyl (C=O) groups is 1. The van der Waals surface area contributed by atoms with Crippen LogP contribution in [0.3, 0.4) is 0 Å². The molecule has 1 fully saturated rings. The molecular weight excluding hydrogens is 447 g/mol. The zero-order valence-corrected chi connectivity index (χ0v) is 19.2. The van der Waals surface area contributed by atoms with Gasteiger partial charge in [-0.25, -0.2) is 9.18 Å². The normalized spacial score (nSPS) is 14.2. The minimum atomic E-state index is -1.08. The number of carboxylic acid groups (broad SMARTS) is 1. The van der Waals surface area contributed by atoms with Crippen molar-refractivity contribution in [1.29, 1.82) is 0 Å². The lowest BCUT2D eigenvalue weighted by atomic mass is 9.89. The highest BCUT2D eigenvalue weighted by molar-refractivity contribution is 5.94. The summed E-state index contributed by atoms with van der Waals surface area (Å²) in [6.45, 7) is 0.716. The van der Waals surface area contributed by atoms with E-state index in [9.17, 15) is 24.4 Å². The van der Waals surface area contributed by atoms with E-state index >= 15 is 0 Å². The van der Waals surface area contributed by atoms with Gasteiger partial charge in [0, 0.05) is 12.6 Å². The van der Waals surface area contributed by atoms with Crippen molar-refractivity contribution in [2.75, 3.05) is 11.9 Å². The summed E-state index contributed by atoms with van der Waals surface area (Å²) in [7, 11) is 0. The number of nitrogens with one attached hydrogen (secondary N) is 1. The van der Waals surface area contributed by atoms with Crippen molar-refractivity contribution in [1.82, 2.24) is 0 Å². The lowest BCUT2D eigenvalue weighted by Crippen LogP contribution is -2.17. The van der Waals surface area contributed by atoms with Gasteiger partial charge in [-0.3, -0.25) is 10.1 Å². The van der Waals surface area contributed by atoms with Crippen LogP contribution < -0.4 is 5.32 Å². The molecule has 1 saturated carbocycles. The molecule has 6 nitrogen and oxygen atoms in total. The van der Waals surface area contributed by atoms with Gasteiger partial charge in [0.15, 0.2) is 0 Å². The van der Waals surface area contributed by atoms with Crippen LogP contribution in [0.15, 0.2) is 60.7 Å². The quantitative estimate of drug-likeness (QED) is 0.204. The van der Waals surface area contributed by atoms with Gasteiger partial charge in [-0.1, -0.05) is 55.7 Å². The topological polar surface area (TPSA) is 92.5 Å². The molecule has 0 aromatic heterocycles. The number of carboxylic acids is 1. The van der Waals surface area contributed by atoms with Crippen molar-refractivity contribution in [3.8, 4) is 11.1 Å². The van der Waals surface area contributed by atoms with Gasteiger partial charge >= 0.3 is 5.97 Å². The first-order valence-corrected chi connectivity index (χ1v) is 11.7. The maximum absolute atomic E-state index is 13.3. The van der Waals surface area contributed by atoms with Gasteiger partial charge in [0.05, 0.1) is 10.5 Å². The number of benzene rings is 3. The molecule has 0 bridgehead atoms. The molecule has 2 N–H and O–H groups in total. The molecule has 0 amide bonds. The summed E-state index contributed by atoms with van der Waals surface area (Å²) in [6.07, 6.45) is 9.25. The van der Waals surface area contributed by atoms with Crippen LogP contribution in [0.5, 0.6) is 0 Å². The summed E-state index contributed by atoms with van der Waals surface area (Å²) < 4.78 is 13.3. The molecule has 0 aliphatic heterocycles. The molecule has 1 aliphatic carbocycles.